The normalized spacial score (nSPS) is 11.2. The topological polar surface area (TPSA) is 64.4 Å². The largest absolute Gasteiger partial charge is 0.444 e. The summed E-state index contributed by atoms with van der Waals surface area (Å²) in [6, 6.07) is 5.02. The molecule has 0 spiro atoms. The lowest BCUT2D eigenvalue weighted by atomic mass is 10.1. The molecule has 0 bridgehead atoms. The van der Waals surface area contributed by atoms with Crippen LogP contribution in [0.2, 0.25) is 10.0 Å². The van der Waals surface area contributed by atoms with Crippen molar-refractivity contribution in [2.45, 2.75) is 6.92 Å². The van der Waals surface area contributed by atoms with Crippen LogP contribution in [0.25, 0.3) is 11.3 Å². The maximum atomic E-state index is 12.2. The van der Waals surface area contributed by atoms with Crippen LogP contribution < -0.4 is 5.32 Å². The third-order valence-electron chi connectivity index (χ3n) is 3.32. The number of benzene rings is 1. The van der Waals surface area contributed by atoms with Crippen molar-refractivity contribution < 1.29 is 14.1 Å². The third kappa shape index (κ3) is 4.69. The van der Waals surface area contributed by atoms with Gasteiger partial charge in [0.15, 0.2) is 5.76 Å². The molecular formula is C18H15Cl3N2O3. The Hall–Kier alpha value is -2.21. The van der Waals surface area contributed by atoms with Gasteiger partial charge in [-0.25, -0.2) is 4.79 Å². The minimum Gasteiger partial charge on any atom is -0.444 e. The predicted octanol–water partition coefficient (Wildman–Crippen LogP) is 6.37. The van der Waals surface area contributed by atoms with E-state index in [2.05, 4.69) is 23.6 Å². The Labute approximate surface area is 165 Å². The Morgan fingerprint density at radius 2 is 2.04 bits per heavy atom. The predicted molar refractivity (Wildman–Crippen MR) is 105 cm³/mol. The van der Waals surface area contributed by atoms with Crippen LogP contribution in [0.5, 0.6) is 0 Å². The van der Waals surface area contributed by atoms with Gasteiger partial charge in [-0.15, -0.1) is 0 Å². The standard InChI is InChI=1S/C18H15Cl3N2O3/c1-4-6-12(10(2)19)9-25-18(24)22-16-11(3)26-23-17(16)15-13(20)7-5-8-14(15)21/h4-8H,1-2,9H2,3H3,(H,22,24)/b12-6-. The number of nitrogens with zero attached hydrogens (tertiary/aromatic N) is 1. The van der Waals surface area contributed by atoms with Gasteiger partial charge in [0.05, 0.1) is 10.0 Å². The van der Waals surface area contributed by atoms with Crippen LogP contribution in [-0.2, 0) is 4.74 Å². The molecule has 1 aromatic heterocycles. The third-order valence-corrected chi connectivity index (χ3v) is 4.19. The number of amides is 1. The van der Waals surface area contributed by atoms with Crippen molar-refractivity contribution in [1.29, 1.82) is 0 Å². The summed E-state index contributed by atoms with van der Waals surface area (Å²) in [6.07, 6.45) is 2.39. The molecule has 2 rings (SSSR count). The van der Waals surface area contributed by atoms with E-state index in [1.165, 1.54) is 6.08 Å². The van der Waals surface area contributed by atoms with E-state index in [1.54, 1.807) is 31.2 Å². The van der Waals surface area contributed by atoms with Crippen molar-refractivity contribution in [2.75, 3.05) is 11.9 Å². The number of halogens is 3. The van der Waals surface area contributed by atoms with Crippen LogP contribution in [0.15, 0.2) is 58.6 Å². The van der Waals surface area contributed by atoms with Gasteiger partial charge in [0.1, 0.15) is 18.0 Å². The number of hydrogen-bond acceptors (Lipinski definition) is 4. The summed E-state index contributed by atoms with van der Waals surface area (Å²) in [5, 5.41) is 7.52. The Kier molecular flexibility index (Phi) is 6.91. The van der Waals surface area contributed by atoms with E-state index in [1.807, 2.05) is 0 Å². The second-order valence-corrected chi connectivity index (χ2v) is 6.36. The fraction of sp³-hybridized carbons (Fsp3) is 0.111. The van der Waals surface area contributed by atoms with Crippen molar-refractivity contribution in [3.8, 4) is 11.3 Å². The SMILES string of the molecule is C=C/C=C(/COC(=O)Nc1c(-c2c(Cl)cccc2Cl)noc1C)C(=C)Cl. The van der Waals surface area contributed by atoms with Crippen LogP contribution in [0, 0.1) is 6.92 Å². The number of rotatable bonds is 6. The molecule has 0 aliphatic rings. The van der Waals surface area contributed by atoms with Crippen molar-refractivity contribution in [2.24, 2.45) is 0 Å². The average Bonchev–Trinajstić information content (AvgIpc) is 2.92. The minimum atomic E-state index is -0.728. The van der Waals surface area contributed by atoms with Gasteiger partial charge in [-0.2, -0.15) is 0 Å². The number of anilines is 1. The highest BCUT2D eigenvalue weighted by Gasteiger charge is 2.22. The Bertz CT molecular complexity index is 868. The van der Waals surface area contributed by atoms with Crippen LogP contribution >= 0.6 is 34.8 Å². The molecule has 1 heterocycles. The molecule has 1 aromatic carbocycles. The lowest BCUT2D eigenvalue weighted by molar-refractivity contribution is 0.172. The Balaban J connectivity index is 2.22. The van der Waals surface area contributed by atoms with Gasteiger partial charge in [0, 0.05) is 16.2 Å². The van der Waals surface area contributed by atoms with Crippen molar-refractivity contribution >= 4 is 46.6 Å². The van der Waals surface area contributed by atoms with Gasteiger partial charge in [-0.3, -0.25) is 5.32 Å². The van der Waals surface area contributed by atoms with Crippen molar-refractivity contribution in [3.63, 3.8) is 0 Å². The number of aryl methyl sites for hydroxylation is 1. The second kappa shape index (κ2) is 8.94. The molecule has 0 radical (unpaired) electrons. The highest BCUT2D eigenvalue weighted by atomic mass is 35.5. The Morgan fingerprint density at radius 1 is 1.38 bits per heavy atom. The highest BCUT2D eigenvalue weighted by Crippen LogP contribution is 2.39. The summed E-state index contributed by atoms with van der Waals surface area (Å²) >= 11 is 18.2. The molecular weight excluding hydrogens is 399 g/mol. The number of allylic oxidation sites excluding steroid dienone is 2. The smallest absolute Gasteiger partial charge is 0.412 e. The monoisotopic (exact) mass is 412 g/mol. The number of hydrogen-bond donors (Lipinski definition) is 1. The fourth-order valence-corrected chi connectivity index (χ4v) is 2.75. The summed E-state index contributed by atoms with van der Waals surface area (Å²) < 4.78 is 10.3. The van der Waals surface area contributed by atoms with Crippen LogP contribution in [0.3, 0.4) is 0 Å². The molecule has 0 saturated carbocycles. The molecule has 1 N–H and O–H groups in total. The lowest BCUT2D eigenvalue weighted by Gasteiger charge is -2.10. The summed E-state index contributed by atoms with van der Waals surface area (Å²) in [5.74, 6) is 0.372. The minimum absolute atomic E-state index is 0.0767. The first-order chi connectivity index (χ1) is 12.3. The van der Waals surface area contributed by atoms with Gasteiger partial charge in [0.2, 0.25) is 0 Å². The summed E-state index contributed by atoms with van der Waals surface area (Å²) in [7, 11) is 0. The number of ether oxygens (including phenoxy) is 1. The molecule has 2 aromatic rings. The highest BCUT2D eigenvalue weighted by molar-refractivity contribution is 6.39. The average molecular weight is 414 g/mol. The van der Waals surface area contributed by atoms with E-state index >= 15 is 0 Å². The van der Waals surface area contributed by atoms with Gasteiger partial charge >= 0.3 is 6.09 Å². The van der Waals surface area contributed by atoms with Crippen LogP contribution in [-0.4, -0.2) is 17.9 Å². The van der Waals surface area contributed by atoms with E-state index in [0.717, 1.165) is 0 Å². The molecule has 136 valence electrons. The quantitative estimate of drug-likeness (QED) is 0.559. The summed E-state index contributed by atoms with van der Waals surface area (Å²) in [4.78, 5) is 12.2. The molecule has 0 aliphatic heterocycles. The van der Waals surface area contributed by atoms with Gasteiger partial charge in [-0.05, 0) is 19.1 Å². The number of carbonyl (C=O) groups is 1. The van der Waals surface area contributed by atoms with Gasteiger partial charge < -0.3 is 9.26 Å². The second-order valence-electron chi connectivity index (χ2n) is 5.09. The molecule has 8 heteroatoms. The lowest BCUT2D eigenvalue weighted by Crippen LogP contribution is -2.16. The van der Waals surface area contributed by atoms with Crippen LogP contribution in [0.1, 0.15) is 5.76 Å². The zero-order valence-electron chi connectivity index (χ0n) is 13.8. The van der Waals surface area contributed by atoms with Gasteiger partial charge in [-0.1, -0.05) is 71.3 Å². The van der Waals surface area contributed by atoms with Gasteiger partial charge in [0.25, 0.3) is 0 Å². The molecule has 5 nitrogen and oxygen atoms in total. The van der Waals surface area contributed by atoms with E-state index < -0.39 is 6.09 Å². The maximum Gasteiger partial charge on any atom is 0.412 e. The number of aromatic nitrogens is 1. The van der Waals surface area contributed by atoms with Crippen LogP contribution in [0.4, 0.5) is 10.5 Å². The molecule has 0 atom stereocenters. The number of nitrogens with one attached hydrogen (secondary N) is 1. The fourth-order valence-electron chi connectivity index (χ4n) is 2.05. The zero-order valence-corrected chi connectivity index (χ0v) is 16.1. The van der Waals surface area contributed by atoms with E-state index in [9.17, 15) is 4.79 Å². The first-order valence-electron chi connectivity index (χ1n) is 7.36. The Morgan fingerprint density at radius 3 is 2.62 bits per heavy atom. The summed E-state index contributed by atoms with van der Waals surface area (Å²) in [6.45, 7) is 8.73. The molecule has 0 aliphatic carbocycles. The number of carbonyl (C=O) groups excluding carboxylic acids is 1. The molecule has 26 heavy (non-hydrogen) atoms. The van der Waals surface area contributed by atoms with E-state index in [0.29, 0.717) is 38.3 Å². The molecule has 1 amide bonds. The first-order valence-corrected chi connectivity index (χ1v) is 8.49. The molecule has 0 unspecified atom stereocenters. The van der Waals surface area contributed by atoms with E-state index in [-0.39, 0.29) is 11.6 Å². The first kappa shape index (κ1) is 20.1. The van der Waals surface area contributed by atoms with E-state index in [4.69, 9.17) is 44.1 Å². The zero-order chi connectivity index (χ0) is 19.3. The van der Waals surface area contributed by atoms with Crippen molar-refractivity contribution in [3.05, 3.63) is 69.9 Å². The molecule has 0 fully saturated rings. The molecule has 0 saturated heterocycles. The van der Waals surface area contributed by atoms with Crippen molar-refractivity contribution in [1.82, 2.24) is 5.16 Å². The maximum absolute atomic E-state index is 12.2. The summed E-state index contributed by atoms with van der Waals surface area (Å²) in [5.41, 5.74) is 1.58.